The van der Waals surface area contributed by atoms with Crippen molar-refractivity contribution in [3.63, 3.8) is 0 Å². The number of aryl methyl sites for hydroxylation is 1. The van der Waals surface area contributed by atoms with Crippen LogP contribution in [0.3, 0.4) is 0 Å². The highest BCUT2D eigenvalue weighted by molar-refractivity contribution is 5.93. The van der Waals surface area contributed by atoms with E-state index in [4.69, 9.17) is 0 Å². The highest BCUT2D eigenvalue weighted by Gasteiger charge is 2.26. The lowest BCUT2D eigenvalue weighted by Crippen LogP contribution is -2.39. The SMILES string of the molecule is Cc1nn(-c2ccccc2)nc1C(=O)N1CCCC(C)C1. The molecule has 2 heterocycles. The Morgan fingerprint density at radius 3 is 2.71 bits per heavy atom. The molecule has 1 aromatic heterocycles. The van der Waals surface area contributed by atoms with E-state index >= 15 is 0 Å². The van der Waals surface area contributed by atoms with Crippen molar-refractivity contribution >= 4 is 5.91 Å². The first-order valence-electron chi connectivity index (χ1n) is 7.44. The molecule has 3 rings (SSSR count). The Balaban J connectivity index is 1.86. The van der Waals surface area contributed by atoms with Gasteiger partial charge in [-0.3, -0.25) is 4.79 Å². The maximum atomic E-state index is 12.6. The molecule has 1 saturated heterocycles. The average Bonchev–Trinajstić information content (AvgIpc) is 2.89. The van der Waals surface area contributed by atoms with E-state index in [1.54, 1.807) is 0 Å². The van der Waals surface area contributed by atoms with E-state index < -0.39 is 0 Å². The molecule has 1 fully saturated rings. The summed E-state index contributed by atoms with van der Waals surface area (Å²) in [6.07, 6.45) is 2.26. The molecule has 1 aliphatic heterocycles. The second-order valence-electron chi connectivity index (χ2n) is 5.76. The maximum absolute atomic E-state index is 12.6. The highest BCUT2D eigenvalue weighted by Crippen LogP contribution is 2.18. The number of para-hydroxylation sites is 1. The van der Waals surface area contributed by atoms with E-state index in [0.29, 0.717) is 17.3 Å². The molecule has 0 spiro atoms. The average molecular weight is 284 g/mol. The smallest absolute Gasteiger partial charge is 0.276 e. The summed E-state index contributed by atoms with van der Waals surface area (Å²) in [6.45, 7) is 5.66. The summed E-state index contributed by atoms with van der Waals surface area (Å²) in [7, 11) is 0. The Morgan fingerprint density at radius 2 is 2.00 bits per heavy atom. The molecule has 0 bridgehead atoms. The molecule has 1 unspecified atom stereocenters. The molecule has 1 aromatic carbocycles. The normalized spacial score (nSPS) is 18.8. The molecular formula is C16H20N4O. The van der Waals surface area contributed by atoms with Crippen molar-refractivity contribution in [3.8, 4) is 5.69 Å². The highest BCUT2D eigenvalue weighted by atomic mass is 16.2. The molecule has 1 aliphatic rings. The van der Waals surface area contributed by atoms with Gasteiger partial charge in [-0.2, -0.15) is 9.90 Å². The summed E-state index contributed by atoms with van der Waals surface area (Å²) in [6, 6.07) is 9.66. The second kappa shape index (κ2) is 5.68. The van der Waals surface area contributed by atoms with Crippen LogP contribution in [0.15, 0.2) is 30.3 Å². The van der Waals surface area contributed by atoms with E-state index in [2.05, 4.69) is 17.1 Å². The molecular weight excluding hydrogens is 264 g/mol. The number of likely N-dealkylation sites (tertiary alicyclic amines) is 1. The molecule has 0 aliphatic carbocycles. The minimum atomic E-state index is 0.00114. The van der Waals surface area contributed by atoms with Gasteiger partial charge < -0.3 is 4.90 Å². The van der Waals surface area contributed by atoms with Gasteiger partial charge in [-0.05, 0) is 37.8 Å². The third-order valence-electron chi connectivity index (χ3n) is 3.92. The minimum Gasteiger partial charge on any atom is -0.337 e. The quantitative estimate of drug-likeness (QED) is 0.851. The number of rotatable bonds is 2. The van der Waals surface area contributed by atoms with Gasteiger partial charge in [-0.25, -0.2) is 0 Å². The molecule has 1 amide bonds. The van der Waals surface area contributed by atoms with Crippen molar-refractivity contribution in [2.45, 2.75) is 26.7 Å². The second-order valence-corrected chi connectivity index (χ2v) is 5.76. The van der Waals surface area contributed by atoms with Crippen LogP contribution in [0.5, 0.6) is 0 Å². The molecule has 0 radical (unpaired) electrons. The van der Waals surface area contributed by atoms with Gasteiger partial charge in [0.25, 0.3) is 5.91 Å². The van der Waals surface area contributed by atoms with Crippen LogP contribution in [0.2, 0.25) is 0 Å². The molecule has 0 saturated carbocycles. The van der Waals surface area contributed by atoms with Crippen molar-refractivity contribution in [1.82, 2.24) is 19.9 Å². The standard InChI is InChI=1S/C16H20N4O/c1-12-7-6-10-19(11-12)16(21)15-13(2)17-20(18-15)14-8-4-3-5-9-14/h3-5,8-9,12H,6-7,10-11H2,1-2H3. The molecule has 1 atom stereocenters. The Hall–Kier alpha value is -2.17. The Labute approximate surface area is 124 Å². The summed E-state index contributed by atoms with van der Waals surface area (Å²) >= 11 is 0. The van der Waals surface area contributed by atoms with E-state index in [-0.39, 0.29) is 5.91 Å². The monoisotopic (exact) mass is 284 g/mol. The van der Waals surface area contributed by atoms with Crippen molar-refractivity contribution in [2.24, 2.45) is 5.92 Å². The van der Waals surface area contributed by atoms with Gasteiger partial charge in [0.15, 0.2) is 5.69 Å². The molecule has 5 nitrogen and oxygen atoms in total. The summed E-state index contributed by atoms with van der Waals surface area (Å²) in [5.74, 6) is 0.563. The van der Waals surface area contributed by atoms with Crippen LogP contribution in [-0.2, 0) is 0 Å². The number of carbonyl (C=O) groups is 1. The summed E-state index contributed by atoms with van der Waals surface area (Å²) in [4.78, 5) is 16.1. The van der Waals surface area contributed by atoms with Gasteiger partial charge in [0, 0.05) is 13.1 Å². The minimum absolute atomic E-state index is 0.00114. The number of nitrogens with zero attached hydrogens (tertiary/aromatic N) is 4. The number of hydrogen-bond donors (Lipinski definition) is 0. The summed E-state index contributed by atoms with van der Waals surface area (Å²) in [5, 5.41) is 8.77. The van der Waals surface area contributed by atoms with Crippen molar-refractivity contribution in [2.75, 3.05) is 13.1 Å². The fourth-order valence-corrected chi connectivity index (χ4v) is 2.78. The molecule has 2 aromatic rings. The van der Waals surface area contributed by atoms with Crippen molar-refractivity contribution in [1.29, 1.82) is 0 Å². The Bertz CT molecular complexity index is 635. The largest absolute Gasteiger partial charge is 0.337 e. The number of hydrogen-bond acceptors (Lipinski definition) is 3. The van der Waals surface area contributed by atoms with E-state index in [1.165, 1.54) is 11.2 Å². The number of aromatic nitrogens is 3. The van der Waals surface area contributed by atoms with Crippen LogP contribution >= 0.6 is 0 Å². The first-order chi connectivity index (χ1) is 10.1. The van der Waals surface area contributed by atoms with Gasteiger partial charge in [0.05, 0.1) is 11.4 Å². The first kappa shape index (κ1) is 13.8. The predicted molar refractivity (Wildman–Crippen MR) is 80.4 cm³/mol. The van der Waals surface area contributed by atoms with E-state index in [1.807, 2.05) is 42.2 Å². The maximum Gasteiger partial charge on any atom is 0.276 e. The lowest BCUT2D eigenvalue weighted by Gasteiger charge is -2.30. The van der Waals surface area contributed by atoms with Crippen molar-refractivity contribution < 1.29 is 4.79 Å². The topological polar surface area (TPSA) is 51.0 Å². The summed E-state index contributed by atoms with van der Waals surface area (Å²) in [5.41, 5.74) is 2.02. The van der Waals surface area contributed by atoms with Gasteiger partial charge >= 0.3 is 0 Å². The van der Waals surface area contributed by atoms with Crippen LogP contribution < -0.4 is 0 Å². The molecule has 110 valence electrons. The Morgan fingerprint density at radius 1 is 1.24 bits per heavy atom. The van der Waals surface area contributed by atoms with Crippen LogP contribution in [0.1, 0.15) is 35.9 Å². The third kappa shape index (κ3) is 2.82. The lowest BCUT2D eigenvalue weighted by atomic mass is 10.00. The van der Waals surface area contributed by atoms with Gasteiger partial charge in [0.2, 0.25) is 0 Å². The zero-order valence-electron chi connectivity index (χ0n) is 12.5. The van der Waals surface area contributed by atoms with Crippen LogP contribution in [-0.4, -0.2) is 38.9 Å². The van der Waals surface area contributed by atoms with Gasteiger partial charge in [-0.1, -0.05) is 25.1 Å². The first-order valence-corrected chi connectivity index (χ1v) is 7.44. The van der Waals surface area contributed by atoms with Crippen LogP contribution in [0, 0.1) is 12.8 Å². The molecule has 5 heteroatoms. The summed E-state index contributed by atoms with van der Waals surface area (Å²) < 4.78 is 0. The van der Waals surface area contributed by atoms with Crippen molar-refractivity contribution in [3.05, 3.63) is 41.7 Å². The Kier molecular flexibility index (Phi) is 3.73. The fourth-order valence-electron chi connectivity index (χ4n) is 2.78. The van der Waals surface area contributed by atoms with Gasteiger partial charge in [-0.15, -0.1) is 5.10 Å². The number of carbonyl (C=O) groups excluding carboxylic acids is 1. The third-order valence-corrected chi connectivity index (χ3v) is 3.92. The predicted octanol–water partition coefficient (Wildman–Crippen LogP) is 2.45. The zero-order chi connectivity index (χ0) is 14.8. The van der Waals surface area contributed by atoms with Crippen LogP contribution in [0.4, 0.5) is 0 Å². The number of piperidine rings is 1. The fraction of sp³-hybridized carbons (Fsp3) is 0.438. The molecule has 0 N–H and O–H groups in total. The zero-order valence-corrected chi connectivity index (χ0v) is 12.5. The lowest BCUT2D eigenvalue weighted by molar-refractivity contribution is 0.0676. The van der Waals surface area contributed by atoms with Crippen LogP contribution in [0.25, 0.3) is 5.69 Å². The molecule has 21 heavy (non-hydrogen) atoms. The number of benzene rings is 1. The van der Waals surface area contributed by atoms with Gasteiger partial charge in [0.1, 0.15) is 0 Å². The number of amides is 1. The van der Waals surface area contributed by atoms with E-state index in [9.17, 15) is 4.79 Å². The van der Waals surface area contributed by atoms with E-state index in [0.717, 1.165) is 25.2 Å².